The van der Waals surface area contributed by atoms with Crippen LogP contribution in [0.15, 0.2) is 41.5 Å². The van der Waals surface area contributed by atoms with Crippen LogP contribution in [0.3, 0.4) is 0 Å². The molecule has 218 valence electrons. The number of hydrogen-bond donors (Lipinski definition) is 1. The highest BCUT2D eigenvalue weighted by Gasteiger charge is 2.74. The summed E-state index contributed by atoms with van der Waals surface area (Å²) in [5.41, 5.74) is -2.25. The number of aliphatic hydroxyl groups is 1. The molecule has 40 heavy (non-hydrogen) atoms. The molecule has 2 fully saturated rings. The van der Waals surface area contributed by atoms with Crippen molar-refractivity contribution in [1.29, 1.82) is 0 Å². The number of ketones is 1. The predicted molar refractivity (Wildman–Crippen MR) is 148 cm³/mol. The molecule has 1 aromatic rings. The molecule has 0 amide bonds. The van der Waals surface area contributed by atoms with Gasteiger partial charge in [0.1, 0.15) is 23.2 Å². The van der Waals surface area contributed by atoms with Crippen LogP contribution in [0.1, 0.15) is 65.2 Å². The van der Waals surface area contributed by atoms with Crippen LogP contribution in [0.25, 0.3) is 0 Å². The van der Waals surface area contributed by atoms with Crippen molar-refractivity contribution in [1.82, 2.24) is 0 Å². The third-order valence-electron chi connectivity index (χ3n) is 10.1. The monoisotopic (exact) mass is 554 g/mol. The van der Waals surface area contributed by atoms with Crippen LogP contribution in [0.5, 0.6) is 11.5 Å². The van der Waals surface area contributed by atoms with Crippen molar-refractivity contribution < 1.29 is 38.4 Å². The Morgan fingerprint density at radius 3 is 2.27 bits per heavy atom. The van der Waals surface area contributed by atoms with Crippen LogP contribution < -0.4 is 9.47 Å². The van der Waals surface area contributed by atoms with Gasteiger partial charge in [-0.05, 0) is 67.7 Å². The van der Waals surface area contributed by atoms with Gasteiger partial charge in [0.2, 0.25) is 0 Å². The lowest BCUT2D eigenvalue weighted by Crippen LogP contribution is -2.68. The summed E-state index contributed by atoms with van der Waals surface area (Å²) < 4.78 is 29.6. The molecule has 2 bridgehead atoms. The number of allylic oxidation sites excluding steroid dienone is 1. The molecule has 1 N–H and O–H groups in total. The highest BCUT2D eigenvalue weighted by molar-refractivity contribution is 5.97. The van der Waals surface area contributed by atoms with Crippen molar-refractivity contribution in [3.05, 3.63) is 47.1 Å². The quantitative estimate of drug-likeness (QED) is 0.415. The molecule has 0 aromatic heterocycles. The molecule has 1 heterocycles. The van der Waals surface area contributed by atoms with Gasteiger partial charge in [-0.2, -0.15) is 0 Å². The first-order valence-corrected chi connectivity index (χ1v) is 14.1. The summed E-state index contributed by atoms with van der Waals surface area (Å²) in [4.78, 5) is 28.7. The maximum absolute atomic E-state index is 14.9. The largest absolute Gasteiger partial charge is 0.496 e. The van der Waals surface area contributed by atoms with Crippen molar-refractivity contribution >= 4 is 11.8 Å². The van der Waals surface area contributed by atoms with Gasteiger partial charge in [0.15, 0.2) is 23.3 Å². The van der Waals surface area contributed by atoms with Gasteiger partial charge in [-0.15, -0.1) is 0 Å². The third-order valence-corrected chi connectivity index (χ3v) is 10.1. The molecular formula is C32H42O8. The average molecular weight is 555 g/mol. The molecule has 8 heteroatoms. The fraction of sp³-hybridized carbons (Fsp3) is 0.625. The summed E-state index contributed by atoms with van der Waals surface area (Å²) in [6.45, 7) is 14.0. The number of methoxy groups -OCH3 is 2. The van der Waals surface area contributed by atoms with Gasteiger partial charge in [-0.25, -0.2) is 4.79 Å². The van der Waals surface area contributed by atoms with Crippen molar-refractivity contribution in [3.8, 4) is 11.5 Å². The predicted octanol–water partition coefficient (Wildman–Crippen LogP) is 4.89. The summed E-state index contributed by atoms with van der Waals surface area (Å²) >= 11 is 0. The minimum atomic E-state index is -1.92. The van der Waals surface area contributed by atoms with Crippen LogP contribution >= 0.6 is 0 Å². The summed E-state index contributed by atoms with van der Waals surface area (Å²) in [5.74, 6) is -1.82. The lowest BCUT2D eigenvalue weighted by molar-refractivity contribution is -0.302. The molecule has 1 saturated carbocycles. The normalized spacial score (nSPS) is 37.6. The van der Waals surface area contributed by atoms with E-state index in [1.165, 1.54) is 14.2 Å². The first-order valence-electron chi connectivity index (χ1n) is 14.1. The van der Waals surface area contributed by atoms with Gasteiger partial charge in [0.25, 0.3) is 0 Å². The van der Waals surface area contributed by atoms with Gasteiger partial charge in [0.05, 0.1) is 26.2 Å². The molecule has 1 saturated heterocycles. The van der Waals surface area contributed by atoms with E-state index < -0.39 is 40.9 Å². The Balaban J connectivity index is 1.72. The minimum Gasteiger partial charge on any atom is -0.496 e. The molecule has 0 unspecified atom stereocenters. The fourth-order valence-electron chi connectivity index (χ4n) is 7.58. The van der Waals surface area contributed by atoms with E-state index >= 15 is 0 Å². The lowest BCUT2D eigenvalue weighted by atomic mass is 9.59. The number of benzene rings is 1. The number of fused-ring (bicyclic) bond motifs is 3. The Kier molecular flexibility index (Phi) is 6.80. The molecule has 8 nitrogen and oxygen atoms in total. The highest BCUT2D eigenvalue weighted by Crippen LogP contribution is 2.64. The Morgan fingerprint density at radius 2 is 1.68 bits per heavy atom. The number of hydrogen-bond acceptors (Lipinski definition) is 8. The molecule has 1 aliphatic heterocycles. The van der Waals surface area contributed by atoms with Gasteiger partial charge in [-0.3, -0.25) is 4.79 Å². The number of rotatable bonds is 4. The standard InChI is InChI=1S/C32H42O8/c1-17-15-31-19(3)13-18(2)29(4,5)21(25(31)33)14-20-16-38-30(6,7)40-27(20)32(31,35)26(17)39-28(34)24-22(36-8)11-10-12-23(24)37-9/h10-12,14-15,18-19,21,26-27,35H,13,16H2,1-9H3/t18-,19+,21+,26-,27+,31-,32+/m0/s1. The maximum Gasteiger partial charge on any atom is 0.346 e. The van der Waals surface area contributed by atoms with E-state index in [2.05, 4.69) is 20.8 Å². The number of Topliss-reactive ketones (excluding diaryl/α,β-unsaturated/α-hetero) is 1. The minimum absolute atomic E-state index is 0.0760. The SMILES string of the molecule is COc1cccc(OC)c1C(=O)O[C@H]1C(C)=C[C@]23C(=O)[C@@H](C=C4COC(C)(C)O[C@H]4[C@]12O)C(C)(C)[C@@H](C)C[C@H]3C. The van der Waals surface area contributed by atoms with Gasteiger partial charge >= 0.3 is 5.97 Å². The number of ether oxygens (including phenoxy) is 5. The fourth-order valence-corrected chi connectivity index (χ4v) is 7.58. The van der Waals surface area contributed by atoms with Crippen LogP contribution in [0.2, 0.25) is 0 Å². The molecule has 1 aromatic carbocycles. The van der Waals surface area contributed by atoms with Crippen LogP contribution in [0, 0.1) is 28.6 Å². The van der Waals surface area contributed by atoms with E-state index in [0.29, 0.717) is 17.6 Å². The lowest BCUT2D eigenvalue weighted by Gasteiger charge is -2.52. The van der Waals surface area contributed by atoms with Crippen LogP contribution in [0.4, 0.5) is 0 Å². The second kappa shape index (κ2) is 9.43. The zero-order valence-corrected chi connectivity index (χ0v) is 25.0. The van der Waals surface area contributed by atoms with Crippen molar-refractivity contribution in [3.63, 3.8) is 0 Å². The van der Waals surface area contributed by atoms with E-state index in [-0.39, 0.29) is 46.7 Å². The number of esters is 1. The Bertz CT molecular complexity index is 1270. The highest BCUT2D eigenvalue weighted by atomic mass is 16.7. The molecule has 1 spiro atoms. The molecule has 5 rings (SSSR count). The number of carbonyl (C=O) groups excluding carboxylic acids is 2. The molecule has 0 radical (unpaired) electrons. The third kappa shape index (κ3) is 3.82. The summed E-state index contributed by atoms with van der Waals surface area (Å²) in [5, 5.41) is 13.2. The Morgan fingerprint density at radius 1 is 1.05 bits per heavy atom. The van der Waals surface area contributed by atoms with Crippen molar-refractivity contribution in [2.75, 3.05) is 20.8 Å². The first kappa shape index (κ1) is 28.8. The van der Waals surface area contributed by atoms with E-state index in [1.807, 2.05) is 19.1 Å². The van der Waals surface area contributed by atoms with E-state index in [4.69, 9.17) is 23.7 Å². The second-order valence-corrected chi connectivity index (χ2v) is 13.0. The second-order valence-electron chi connectivity index (χ2n) is 13.0. The Labute approximate surface area is 236 Å². The average Bonchev–Trinajstić information content (AvgIpc) is 3.06. The van der Waals surface area contributed by atoms with E-state index in [0.717, 1.165) is 0 Å². The maximum atomic E-state index is 14.9. The van der Waals surface area contributed by atoms with Crippen molar-refractivity contribution in [2.24, 2.45) is 28.6 Å². The molecule has 3 aliphatic carbocycles. The van der Waals surface area contributed by atoms with Gasteiger partial charge in [-0.1, -0.05) is 45.9 Å². The van der Waals surface area contributed by atoms with Gasteiger partial charge in [0, 0.05) is 5.92 Å². The topological polar surface area (TPSA) is 101 Å². The number of carbonyl (C=O) groups is 2. The van der Waals surface area contributed by atoms with Crippen LogP contribution in [-0.2, 0) is 19.0 Å². The van der Waals surface area contributed by atoms with Crippen molar-refractivity contribution in [2.45, 2.75) is 78.5 Å². The Hall–Kier alpha value is -2.68. The van der Waals surface area contributed by atoms with E-state index in [1.54, 1.807) is 39.0 Å². The first-order chi connectivity index (χ1) is 18.7. The van der Waals surface area contributed by atoms with Gasteiger partial charge < -0.3 is 28.8 Å². The molecule has 7 atom stereocenters. The zero-order chi connectivity index (χ0) is 29.4. The van der Waals surface area contributed by atoms with Crippen LogP contribution in [-0.4, -0.2) is 61.3 Å². The molecule has 4 aliphatic rings. The molecular weight excluding hydrogens is 512 g/mol. The smallest absolute Gasteiger partial charge is 0.346 e. The summed E-state index contributed by atoms with van der Waals surface area (Å²) in [6.07, 6.45) is 2.42. The van der Waals surface area contributed by atoms with E-state index in [9.17, 15) is 14.7 Å². The summed E-state index contributed by atoms with van der Waals surface area (Å²) in [7, 11) is 2.92. The zero-order valence-electron chi connectivity index (χ0n) is 25.0. The summed E-state index contributed by atoms with van der Waals surface area (Å²) in [6, 6.07) is 5.01.